The SMILES string of the molecule is CC(c1cn2ccccc2n1)N1CCNCC1. The van der Waals surface area contributed by atoms with Gasteiger partial charge in [0.1, 0.15) is 5.65 Å². The van der Waals surface area contributed by atoms with Gasteiger partial charge in [-0.05, 0) is 19.1 Å². The molecule has 1 atom stereocenters. The van der Waals surface area contributed by atoms with Crippen LogP contribution < -0.4 is 5.32 Å². The normalized spacial score (nSPS) is 19.6. The molecule has 1 fully saturated rings. The van der Waals surface area contributed by atoms with Crippen LogP contribution in [0.5, 0.6) is 0 Å². The van der Waals surface area contributed by atoms with Crippen LogP contribution in [0.25, 0.3) is 5.65 Å². The molecule has 0 aliphatic carbocycles. The third-order valence-corrected chi connectivity index (χ3v) is 3.51. The van der Waals surface area contributed by atoms with E-state index in [9.17, 15) is 0 Å². The second-order valence-electron chi connectivity index (χ2n) is 4.59. The summed E-state index contributed by atoms with van der Waals surface area (Å²) < 4.78 is 2.09. The highest BCUT2D eigenvalue weighted by molar-refractivity contribution is 5.39. The van der Waals surface area contributed by atoms with E-state index in [1.54, 1.807) is 0 Å². The van der Waals surface area contributed by atoms with Gasteiger partial charge in [-0.3, -0.25) is 4.90 Å². The van der Waals surface area contributed by atoms with Gasteiger partial charge in [0, 0.05) is 38.6 Å². The molecule has 90 valence electrons. The fraction of sp³-hybridized carbons (Fsp3) is 0.462. The van der Waals surface area contributed by atoms with Crippen LogP contribution in [-0.4, -0.2) is 40.5 Å². The van der Waals surface area contributed by atoms with Crippen molar-refractivity contribution in [2.24, 2.45) is 0 Å². The number of nitrogens with one attached hydrogen (secondary N) is 1. The molecule has 1 N–H and O–H groups in total. The van der Waals surface area contributed by atoms with Crippen LogP contribution >= 0.6 is 0 Å². The maximum Gasteiger partial charge on any atom is 0.137 e. The third kappa shape index (κ3) is 2.06. The average molecular weight is 230 g/mol. The molecule has 1 saturated heterocycles. The summed E-state index contributed by atoms with van der Waals surface area (Å²) in [7, 11) is 0. The van der Waals surface area contributed by atoms with Crippen molar-refractivity contribution in [3.63, 3.8) is 0 Å². The van der Waals surface area contributed by atoms with Gasteiger partial charge in [-0.1, -0.05) is 6.07 Å². The lowest BCUT2D eigenvalue weighted by Gasteiger charge is -2.31. The van der Waals surface area contributed by atoms with E-state index >= 15 is 0 Å². The van der Waals surface area contributed by atoms with Crippen molar-refractivity contribution in [2.45, 2.75) is 13.0 Å². The van der Waals surface area contributed by atoms with E-state index in [-0.39, 0.29) is 0 Å². The summed E-state index contributed by atoms with van der Waals surface area (Å²) in [5.41, 5.74) is 2.20. The van der Waals surface area contributed by atoms with Crippen molar-refractivity contribution in [1.82, 2.24) is 19.6 Å². The first kappa shape index (κ1) is 10.7. The summed E-state index contributed by atoms with van der Waals surface area (Å²) in [4.78, 5) is 7.17. The van der Waals surface area contributed by atoms with Crippen molar-refractivity contribution in [3.05, 3.63) is 36.3 Å². The summed E-state index contributed by atoms with van der Waals surface area (Å²) in [6.07, 6.45) is 4.19. The summed E-state index contributed by atoms with van der Waals surface area (Å²) in [6, 6.07) is 6.51. The first-order chi connectivity index (χ1) is 8.34. The molecule has 0 aromatic carbocycles. The molecular weight excluding hydrogens is 212 g/mol. The number of pyridine rings is 1. The van der Waals surface area contributed by atoms with Gasteiger partial charge in [0.25, 0.3) is 0 Å². The first-order valence-corrected chi connectivity index (χ1v) is 6.23. The molecule has 2 aromatic rings. The lowest BCUT2D eigenvalue weighted by molar-refractivity contribution is 0.183. The summed E-state index contributed by atoms with van der Waals surface area (Å²) in [6.45, 7) is 6.62. The smallest absolute Gasteiger partial charge is 0.137 e. The van der Waals surface area contributed by atoms with Gasteiger partial charge < -0.3 is 9.72 Å². The molecule has 0 amide bonds. The second-order valence-corrected chi connectivity index (χ2v) is 4.59. The van der Waals surface area contributed by atoms with E-state index in [2.05, 4.69) is 38.9 Å². The van der Waals surface area contributed by atoms with Crippen LogP contribution in [0.4, 0.5) is 0 Å². The van der Waals surface area contributed by atoms with Gasteiger partial charge in [0.2, 0.25) is 0 Å². The molecule has 4 heteroatoms. The van der Waals surface area contributed by atoms with E-state index in [0.717, 1.165) is 37.5 Å². The molecule has 0 saturated carbocycles. The Morgan fingerprint density at radius 3 is 2.88 bits per heavy atom. The Bertz CT molecular complexity index is 466. The fourth-order valence-corrected chi connectivity index (χ4v) is 2.41. The molecule has 4 nitrogen and oxygen atoms in total. The predicted molar refractivity (Wildman–Crippen MR) is 68.0 cm³/mol. The van der Waals surface area contributed by atoms with Crippen LogP contribution in [0.15, 0.2) is 30.6 Å². The fourth-order valence-electron chi connectivity index (χ4n) is 2.41. The number of rotatable bonds is 2. The molecular formula is C13H18N4. The number of nitrogens with zero attached hydrogens (tertiary/aromatic N) is 3. The van der Waals surface area contributed by atoms with Crippen LogP contribution in [0.2, 0.25) is 0 Å². The van der Waals surface area contributed by atoms with Gasteiger partial charge in [-0.25, -0.2) is 4.98 Å². The first-order valence-electron chi connectivity index (χ1n) is 6.23. The van der Waals surface area contributed by atoms with Gasteiger partial charge in [0.15, 0.2) is 0 Å². The number of piperazine rings is 1. The summed E-state index contributed by atoms with van der Waals surface area (Å²) in [5.74, 6) is 0. The maximum atomic E-state index is 4.69. The van der Waals surface area contributed by atoms with Crippen molar-refractivity contribution in [1.29, 1.82) is 0 Å². The highest BCUT2D eigenvalue weighted by Crippen LogP contribution is 2.19. The van der Waals surface area contributed by atoms with Crippen molar-refractivity contribution >= 4 is 5.65 Å². The molecule has 0 spiro atoms. The maximum absolute atomic E-state index is 4.69. The Hall–Kier alpha value is -1.39. The molecule has 1 aliphatic rings. The lowest BCUT2D eigenvalue weighted by Crippen LogP contribution is -2.44. The molecule has 1 aliphatic heterocycles. The van der Waals surface area contributed by atoms with Gasteiger partial charge >= 0.3 is 0 Å². The zero-order valence-corrected chi connectivity index (χ0v) is 10.1. The van der Waals surface area contributed by atoms with E-state index in [4.69, 9.17) is 0 Å². The van der Waals surface area contributed by atoms with Crippen LogP contribution in [0.1, 0.15) is 18.7 Å². The van der Waals surface area contributed by atoms with E-state index in [1.807, 2.05) is 18.2 Å². The van der Waals surface area contributed by atoms with Crippen molar-refractivity contribution in [3.8, 4) is 0 Å². The topological polar surface area (TPSA) is 32.6 Å². The molecule has 1 unspecified atom stereocenters. The Morgan fingerprint density at radius 1 is 1.29 bits per heavy atom. The predicted octanol–water partition coefficient (Wildman–Crippen LogP) is 1.30. The zero-order valence-electron chi connectivity index (χ0n) is 10.1. The number of fused-ring (bicyclic) bond motifs is 1. The molecule has 0 radical (unpaired) electrons. The third-order valence-electron chi connectivity index (χ3n) is 3.51. The number of hydrogen-bond donors (Lipinski definition) is 1. The van der Waals surface area contributed by atoms with Crippen LogP contribution in [0.3, 0.4) is 0 Å². The molecule has 17 heavy (non-hydrogen) atoms. The Morgan fingerprint density at radius 2 is 2.12 bits per heavy atom. The average Bonchev–Trinajstić information content (AvgIpc) is 2.82. The summed E-state index contributed by atoms with van der Waals surface area (Å²) in [5, 5.41) is 3.38. The summed E-state index contributed by atoms with van der Waals surface area (Å²) >= 11 is 0. The van der Waals surface area contributed by atoms with Crippen molar-refractivity contribution < 1.29 is 0 Å². The largest absolute Gasteiger partial charge is 0.314 e. The quantitative estimate of drug-likeness (QED) is 0.844. The molecule has 3 rings (SSSR count). The number of imidazole rings is 1. The molecule has 0 bridgehead atoms. The monoisotopic (exact) mass is 230 g/mol. The van der Waals surface area contributed by atoms with Crippen LogP contribution in [0, 0.1) is 0 Å². The molecule has 2 aromatic heterocycles. The van der Waals surface area contributed by atoms with Gasteiger partial charge in [0.05, 0.1) is 11.7 Å². The minimum Gasteiger partial charge on any atom is -0.314 e. The number of hydrogen-bond acceptors (Lipinski definition) is 3. The lowest BCUT2D eigenvalue weighted by atomic mass is 10.2. The minimum absolute atomic E-state index is 0.400. The minimum atomic E-state index is 0.400. The molecule has 3 heterocycles. The highest BCUT2D eigenvalue weighted by Gasteiger charge is 2.19. The van der Waals surface area contributed by atoms with Crippen molar-refractivity contribution in [2.75, 3.05) is 26.2 Å². The standard InChI is InChI=1S/C13H18N4/c1-11(16-8-5-14-6-9-16)12-10-17-7-3-2-4-13(17)15-12/h2-4,7,10-11,14H,5-6,8-9H2,1H3. The van der Waals surface area contributed by atoms with E-state index in [0.29, 0.717) is 6.04 Å². The Kier molecular flexibility index (Phi) is 2.82. The second kappa shape index (κ2) is 4.47. The highest BCUT2D eigenvalue weighted by atomic mass is 15.2. The Balaban J connectivity index is 1.86. The van der Waals surface area contributed by atoms with Gasteiger partial charge in [-0.15, -0.1) is 0 Å². The zero-order chi connectivity index (χ0) is 11.7. The Labute approximate surface area is 101 Å². The van der Waals surface area contributed by atoms with E-state index < -0.39 is 0 Å². The van der Waals surface area contributed by atoms with Crippen LogP contribution in [-0.2, 0) is 0 Å². The van der Waals surface area contributed by atoms with Gasteiger partial charge in [-0.2, -0.15) is 0 Å². The van der Waals surface area contributed by atoms with E-state index in [1.165, 1.54) is 0 Å². The number of aromatic nitrogens is 2.